The Balaban J connectivity index is 1.93. The van der Waals surface area contributed by atoms with Crippen LogP contribution in [0.25, 0.3) is 0 Å². The maximum atomic E-state index is 12.4. The van der Waals surface area contributed by atoms with Crippen LogP contribution in [0, 0.1) is 0 Å². The minimum absolute atomic E-state index is 0.123. The number of nitrogens with one attached hydrogen (secondary N) is 2. The number of nitrogens with zero attached hydrogens (tertiary/aromatic N) is 1. The van der Waals surface area contributed by atoms with Crippen LogP contribution in [0.2, 0.25) is 0 Å². The number of hydrogen-bond acceptors (Lipinski definition) is 5. The first-order chi connectivity index (χ1) is 14.3. The van der Waals surface area contributed by atoms with Crippen LogP contribution in [0.4, 0.5) is 5.69 Å². The Kier molecular flexibility index (Phi) is 8.22. The van der Waals surface area contributed by atoms with Crippen LogP contribution in [-0.4, -0.2) is 56.5 Å². The molecule has 0 aromatic heterocycles. The summed E-state index contributed by atoms with van der Waals surface area (Å²) in [5, 5.41) is 5.25. The molecule has 0 spiro atoms. The first kappa shape index (κ1) is 22.7. The summed E-state index contributed by atoms with van der Waals surface area (Å²) in [5.41, 5.74) is 1.41. The van der Waals surface area contributed by atoms with Crippen LogP contribution < -0.4 is 20.1 Å². The molecule has 0 unspecified atom stereocenters. The molecule has 3 amide bonds. The van der Waals surface area contributed by atoms with Gasteiger partial charge in [0.05, 0.1) is 19.8 Å². The fraction of sp³-hybridized carbons (Fsp3) is 0.318. The SMILES string of the molecule is CCOc1ccc(C(=O)NCC(=O)Nc2ccc(C(=O)N(C)C)cc2)cc1OCC. The molecule has 0 bridgehead atoms. The average molecular weight is 413 g/mol. The van der Waals surface area contributed by atoms with Gasteiger partial charge in [0.25, 0.3) is 11.8 Å². The second-order valence-electron chi connectivity index (χ2n) is 6.54. The van der Waals surface area contributed by atoms with Crippen molar-refractivity contribution in [2.45, 2.75) is 13.8 Å². The highest BCUT2D eigenvalue weighted by molar-refractivity contribution is 6.00. The number of hydrogen-bond donors (Lipinski definition) is 2. The van der Waals surface area contributed by atoms with E-state index in [-0.39, 0.29) is 18.4 Å². The largest absolute Gasteiger partial charge is 0.490 e. The van der Waals surface area contributed by atoms with Crippen LogP contribution in [0.3, 0.4) is 0 Å². The number of anilines is 1. The Bertz CT molecular complexity index is 894. The summed E-state index contributed by atoms with van der Waals surface area (Å²) in [4.78, 5) is 37.9. The van der Waals surface area contributed by atoms with Crippen LogP contribution in [0.5, 0.6) is 11.5 Å². The molecule has 8 heteroatoms. The van der Waals surface area contributed by atoms with Gasteiger partial charge in [0.2, 0.25) is 5.91 Å². The van der Waals surface area contributed by atoms with Crippen LogP contribution in [0.1, 0.15) is 34.6 Å². The molecule has 0 aliphatic heterocycles. The van der Waals surface area contributed by atoms with Crippen LogP contribution >= 0.6 is 0 Å². The summed E-state index contributed by atoms with van der Waals surface area (Å²) in [6.45, 7) is 4.43. The van der Waals surface area contributed by atoms with E-state index in [1.807, 2.05) is 13.8 Å². The molecule has 0 aliphatic rings. The third-order valence-electron chi connectivity index (χ3n) is 4.04. The molecular weight excluding hydrogens is 386 g/mol. The fourth-order valence-electron chi connectivity index (χ4n) is 2.61. The molecule has 0 saturated heterocycles. The zero-order valence-electron chi connectivity index (χ0n) is 17.7. The van der Waals surface area contributed by atoms with E-state index in [1.54, 1.807) is 56.6 Å². The van der Waals surface area contributed by atoms with Crippen molar-refractivity contribution in [2.75, 3.05) is 39.2 Å². The van der Waals surface area contributed by atoms with Gasteiger partial charge >= 0.3 is 0 Å². The Labute approximate surface area is 176 Å². The van der Waals surface area contributed by atoms with E-state index in [0.29, 0.717) is 41.5 Å². The Morgan fingerprint density at radius 2 is 1.47 bits per heavy atom. The predicted molar refractivity (Wildman–Crippen MR) is 114 cm³/mol. The van der Waals surface area contributed by atoms with Gasteiger partial charge in [-0.15, -0.1) is 0 Å². The molecule has 2 aromatic carbocycles. The molecule has 160 valence electrons. The number of carbonyl (C=O) groups is 3. The fourth-order valence-corrected chi connectivity index (χ4v) is 2.61. The zero-order chi connectivity index (χ0) is 22.1. The third kappa shape index (κ3) is 6.23. The van der Waals surface area contributed by atoms with Gasteiger partial charge in [0.1, 0.15) is 0 Å². The Morgan fingerprint density at radius 1 is 0.867 bits per heavy atom. The van der Waals surface area contributed by atoms with Crippen LogP contribution in [-0.2, 0) is 4.79 Å². The highest BCUT2D eigenvalue weighted by Gasteiger charge is 2.13. The first-order valence-corrected chi connectivity index (χ1v) is 9.65. The molecule has 0 aliphatic carbocycles. The summed E-state index contributed by atoms with van der Waals surface area (Å²) < 4.78 is 11.0. The van der Waals surface area contributed by atoms with E-state index >= 15 is 0 Å². The van der Waals surface area contributed by atoms with E-state index in [0.717, 1.165) is 0 Å². The van der Waals surface area contributed by atoms with Gasteiger partial charge in [-0.1, -0.05) is 0 Å². The molecule has 0 heterocycles. The van der Waals surface area contributed by atoms with Crippen molar-refractivity contribution < 1.29 is 23.9 Å². The summed E-state index contributed by atoms with van der Waals surface area (Å²) >= 11 is 0. The lowest BCUT2D eigenvalue weighted by molar-refractivity contribution is -0.115. The van der Waals surface area contributed by atoms with Crippen LogP contribution in [0.15, 0.2) is 42.5 Å². The standard InChI is InChI=1S/C22H27N3O5/c1-5-29-18-12-9-16(13-19(18)30-6-2)21(27)23-14-20(26)24-17-10-7-15(8-11-17)22(28)25(3)4/h7-13H,5-6,14H2,1-4H3,(H,23,27)(H,24,26). The molecule has 0 radical (unpaired) electrons. The van der Waals surface area contributed by atoms with E-state index in [1.165, 1.54) is 4.90 Å². The summed E-state index contributed by atoms with van der Waals surface area (Å²) in [5.74, 6) is 0.127. The minimum Gasteiger partial charge on any atom is -0.490 e. The number of benzene rings is 2. The highest BCUT2D eigenvalue weighted by atomic mass is 16.5. The number of rotatable bonds is 9. The smallest absolute Gasteiger partial charge is 0.253 e. The molecule has 0 saturated carbocycles. The minimum atomic E-state index is -0.402. The van der Waals surface area contributed by atoms with Crippen molar-refractivity contribution in [2.24, 2.45) is 0 Å². The molecule has 2 rings (SSSR count). The van der Waals surface area contributed by atoms with E-state index < -0.39 is 5.91 Å². The summed E-state index contributed by atoms with van der Waals surface area (Å²) in [6, 6.07) is 11.4. The van der Waals surface area contributed by atoms with Gasteiger partial charge < -0.3 is 25.0 Å². The average Bonchev–Trinajstić information content (AvgIpc) is 2.73. The maximum absolute atomic E-state index is 12.4. The van der Waals surface area contributed by atoms with Crippen molar-refractivity contribution in [3.05, 3.63) is 53.6 Å². The molecule has 8 nitrogen and oxygen atoms in total. The molecule has 0 atom stereocenters. The van der Waals surface area contributed by atoms with Gasteiger partial charge in [0.15, 0.2) is 11.5 Å². The molecular formula is C22H27N3O5. The maximum Gasteiger partial charge on any atom is 0.253 e. The van der Waals surface area contributed by atoms with Gasteiger partial charge in [-0.3, -0.25) is 14.4 Å². The van der Waals surface area contributed by atoms with E-state index in [9.17, 15) is 14.4 Å². The molecule has 0 fully saturated rings. The van der Waals surface area contributed by atoms with Crippen molar-refractivity contribution >= 4 is 23.4 Å². The van der Waals surface area contributed by atoms with Crippen molar-refractivity contribution in [3.8, 4) is 11.5 Å². The lowest BCUT2D eigenvalue weighted by atomic mass is 10.2. The third-order valence-corrected chi connectivity index (χ3v) is 4.04. The van der Waals surface area contributed by atoms with E-state index in [2.05, 4.69) is 10.6 Å². The number of amides is 3. The molecule has 30 heavy (non-hydrogen) atoms. The van der Waals surface area contributed by atoms with Crippen molar-refractivity contribution in [1.82, 2.24) is 10.2 Å². The number of ether oxygens (including phenoxy) is 2. The van der Waals surface area contributed by atoms with Crippen molar-refractivity contribution in [1.29, 1.82) is 0 Å². The van der Waals surface area contributed by atoms with Crippen molar-refractivity contribution in [3.63, 3.8) is 0 Å². The lowest BCUT2D eigenvalue weighted by Crippen LogP contribution is -2.32. The van der Waals surface area contributed by atoms with Gasteiger partial charge in [-0.05, 0) is 56.3 Å². The number of carbonyl (C=O) groups excluding carboxylic acids is 3. The Hall–Kier alpha value is -3.55. The second kappa shape index (κ2) is 10.8. The lowest BCUT2D eigenvalue weighted by Gasteiger charge is -2.13. The summed E-state index contributed by atoms with van der Waals surface area (Å²) in [6.07, 6.45) is 0. The topological polar surface area (TPSA) is 97.0 Å². The summed E-state index contributed by atoms with van der Waals surface area (Å²) in [7, 11) is 3.34. The van der Waals surface area contributed by atoms with Gasteiger partial charge in [-0.25, -0.2) is 0 Å². The molecule has 2 N–H and O–H groups in total. The normalized spacial score (nSPS) is 10.1. The second-order valence-corrected chi connectivity index (χ2v) is 6.54. The van der Waals surface area contributed by atoms with Gasteiger partial charge in [-0.2, -0.15) is 0 Å². The quantitative estimate of drug-likeness (QED) is 0.659. The molecule has 2 aromatic rings. The van der Waals surface area contributed by atoms with Gasteiger partial charge in [0, 0.05) is 30.9 Å². The van der Waals surface area contributed by atoms with E-state index in [4.69, 9.17) is 9.47 Å². The zero-order valence-corrected chi connectivity index (χ0v) is 17.7. The monoisotopic (exact) mass is 413 g/mol. The highest BCUT2D eigenvalue weighted by Crippen LogP contribution is 2.28. The first-order valence-electron chi connectivity index (χ1n) is 9.65. The predicted octanol–water partition coefficient (Wildman–Crippen LogP) is 2.55. The Morgan fingerprint density at radius 3 is 2.07 bits per heavy atom.